The maximum Gasteiger partial charge on any atom is 0.120 e. The standard InChI is InChI=1S/C13H21P.C11H12OS.C2H6/c1-3-5-6-7-12-9-8-11(4-2)10-13(12)14;1-9-5-6-10(4-3-7-12)8-11(9)13-2;1-2/h8-10H,3-7,14H2,1-2H3;3,5-6,8H,4H2,1-2H3;1-2H3. The Bertz CT molecular complexity index is 748. The number of hydrogen-bond donors (Lipinski definition) is 0. The average Bonchev–Trinajstić information content (AvgIpc) is 2.76. The Hall–Kier alpha value is -1.33. The highest BCUT2D eigenvalue weighted by atomic mass is 32.2. The van der Waals surface area contributed by atoms with Crippen LogP contribution in [0.3, 0.4) is 0 Å². The molecule has 0 amide bonds. The van der Waals surface area contributed by atoms with Crippen molar-refractivity contribution in [1.29, 1.82) is 0 Å². The summed E-state index contributed by atoms with van der Waals surface area (Å²) in [6, 6.07) is 13.1. The maximum atomic E-state index is 10.0. The maximum absolute atomic E-state index is 10.0. The van der Waals surface area contributed by atoms with Gasteiger partial charge < -0.3 is 0 Å². The number of benzene rings is 2. The molecular formula is C26H39OPS. The normalized spacial score (nSPS) is 9.48. The van der Waals surface area contributed by atoms with E-state index in [-0.39, 0.29) is 0 Å². The molecule has 0 N–H and O–H groups in total. The van der Waals surface area contributed by atoms with Crippen LogP contribution in [0.25, 0.3) is 0 Å². The van der Waals surface area contributed by atoms with Crippen molar-refractivity contribution in [2.45, 2.75) is 78.0 Å². The SMILES string of the molecule is CC.CCCCCc1ccc(CC)cc1P.CSc1cc(CC=C=O)ccc1C. The van der Waals surface area contributed by atoms with E-state index in [1.54, 1.807) is 17.7 Å². The van der Waals surface area contributed by atoms with Gasteiger partial charge in [-0.1, -0.05) is 70.9 Å². The Morgan fingerprint density at radius 2 is 1.72 bits per heavy atom. The van der Waals surface area contributed by atoms with Gasteiger partial charge in [0.2, 0.25) is 0 Å². The Morgan fingerprint density at radius 3 is 2.28 bits per heavy atom. The minimum absolute atomic E-state index is 0.678. The zero-order valence-corrected chi connectivity index (χ0v) is 21.1. The van der Waals surface area contributed by atoms with Crippen LogP contribution in [0.2, 0.25) is 0 Å². The minimum atomic E-state index is 0.678. The minimum Gasteiger partial charge on any atom is -0.234 e. The summed E-state index contributed by atoms with van der Waals surface area (Å²) in [5.74, 6) is 1.79. The van der Waals surface area contributed by atoms with Crippen molar-refractivity contribution in [2.24, 2.45) is 0 Å². The van der Waals surface area contributed by atoms with Gasteiger partial charge in [0.25, 0.3) is 0 Å². The van der Waals surface area contributed by atoms with Gasteiger partial charge in [-0.25, -0.2) is 4.79 Å². The highest BCUT2D eigenvalue weighted by molar-refractivity contribution is 7.98. The second-order valence-corrected chi connectivity index (χ2v) is 8.14. The lowest BCUT2D eigenvalue weighted by Gasteiger charge is -2.06. The molecule has 0 aliphatic rings. The molecule has 3 heteroatoms. The highest BCUT2D eigenvalue weighted by Crippen LogP contribution is 2.21. The predicted octanol–water partition coefficient (Wildman–Crippen LogP) is 7.16. The molecule has 0 spiro atoms. The molecule has 0 heterocycles. The lowest BCUT2D eigenvalue weighted by atomic mass is 10.0. The van der Waals surface area contributed by atoms with Crippen LogP contribution in [0.1, 0.15) is 69.2 Å². The quantitative estimate of drug-likeness (QED) is 0.191. The molecule has 0 saturated carbocycles. The van der Waals surface area contributed by atoms with Crippen LogP contribution in [0.5, 0.6) is 0 Å². The molecule has 2 aromatic rings. The van der Waals surface area contributed by atoms with Crippen LogP contribution in [-0.4, -0.2) is 12.2 Å². The van der Waals surface area contributed by atoms with Crippen molar-refractivity contribution in [3.63, 3.8) is 0 Å². The first kappa shape index (κ1) is 27.7. The van der Waals surface area contributed by atoms with Gasteiger partial charge in [0.15, 0.2) is 0 Å². The van der Waals surface area contributed by atoms with Gasteiger partial charge in [0.1, 0.15) is 5.94 Å². The largest absolute Gasteiger partial charge is 0.234 e. The molecule has 2 aromatic carbocycles. The van der Waals surface area contributed by atoms with Crippen LogP contribution < -0.4 is 5.30 Å². The van der Waals surface area contributed by atoms with E-state index in [1.807, 2.05) is 19.9 Å². The van der Waals surface area contributed by atoms with Gasteiger partial charge >= 0.3 is 0 Å². The van der Waals surface area contributed by atoms with E-state index in [2.05, 4.69) is 66.6 Å². The zero-order valence-electron chi connectivity index (χ0n) is 19.2. The molecule has 0 bridgehead atoms. The van der Waals surface area contributed by atoms with Gasteiger partial charge in [-0.3, -0.25) is 0 Å². The van der Waals surface area contributed by atoms with Gasteiger partial charge in [-0.05, 0) is 66.1 Å². The first-order valence-electron chi connectivity index (χ1n) is 10.8. The Labute approximate surface area is 186 Å². The number of thioether (sulfide) groups is 1. The third kappa shape index (κ3) is 11.4. The monoisotopic (exact) mass is 430 g/mol. The van der Waals surface area contributed by atoms with Crippen LogP contribution in [0, 0.1) is 6.92 Å². The molecule has 2 rings (SSSR count). The molecule has 160 valence electrons. The Kier molecular flexibility index (Phi) is 16.7. The van der Waals surface area contributed by atoms with E-state index in [0.29, 0.717) is 6.42 Å². The summed E-state index contributed by atoms with van der Waals surface area (Å²) in [4.78, 5) is 11.3. The van der Waals surface area contributed by atoms with Gasteiger partial charge in [0, 0.05) is 17.4 Å². The number of aryl methyl sites for hydroxylation is 3. The fraction of sp³-hybridized carbons (Fsp3) is 0.462. The summed E-state index contributed by atoms with van der Waals surface area (Å²) in [5, 5.41) is 1.39. The van der Waals surface area contributed by atoms with Gasteiger partial charge in [-0.15, -0.1) is 21.0 Å². The molecule has 0 aliphatic carbocycles. The van der Waals surface area contributed by atoms with Crippen LogP contribution in [-0.2, 0) is 24.1 Å². The average molecular weight is 431 g/mol. The van der Waals surface area contributed by atoms with E-state index < -0.39 is 0 Å². The summed E-state index contributed by atoms with van der Waals surface area (Å²) in [5.41, 5.74) is 5.39. The molecule has 0 aromatic heterocycles. The molecule has 0 fully saturated rings. The van der Waals surface area contributed by atoms with Gasteiger partial charge in [0.05, 0.1) is 0 Å². The van der Waals surface area contributed by atoms with Crippen molar-refractivity contribution in [3.8, 4) is 0 Å². The molecule has 1 nitrogen and oxygen atoms in total. The highest BCUT2D eigenvalue weighted by Gasteiger charge is 1.99. The molecule has 0 aliphatic heterocycles. The van der Waals surface area contributed by atoms with E-state index in [9.17, 15) is 4.79 Å². The third-order valence-electron chi connectivity index (χ3n) is 4.56. The molecule has 0 radical (unpaired) electrons. The Balaban J connectivity index is 0.000000499. The number of hydrogen-bond acceptors (Lipinski definition) is 2. The first-order chi connectivity index (χ1) is 14.0. The van der Waals surface area contributed by atoms with Crippen molar-refractivity contribution in [2.75, 3.05) is 6.26 Å². The van der Waals surface area contributed by atoms with E-state index >= 15 is 0 Å². The van der Waals surface area contributed by atoms with Crippen LogP contribution in [0.4, 0.5) is 0 Å². The molecular weight excluding hydrogens is 391 g/mol. The van der Waals surface area contributed by atoms with Crippen molar-refractivity contribution >= 4 is 32.2 Å². The smallest absolute Gasteiger partial charge is 0.120 e. The summed E-state index contributed by atoms with van der Waals surface area (Å²) >= 11 is 1.73. The molecule has 0 saturated heterocycles. The topological polar surface area (TPSA) is 17.1 Å². The number of rotatable bonds is 8. The predicted molar refractivity (Wildman–Crippen MR) is 137 cm³/mol. The van der Waals surface area contributed by atoms with E-state index in [1.165, 1.54) is 64.2 Å². The first-order valence-corrected chi connectivity index (χ1v) is 12.6. The second kappa shape index (κ2) is 17.5. The van der Waals surface area contributed by atoms with Crippen LogP contribution >= 0.6 is 21.0 Å². The Morgan fingerprint density at radius 1 is 1.03 bits per heavy atom. The number of allylic oxidation sites excluding steroid dienone is 1. The molecule has 1 atom stereocenters. The lowest BCUT2D eigenvalue weighted by molar-refractivity contribution is 0.568. The van der Waals surface area contributed by atoms with E-state index in [4.69, 9.17) is 0 Å². The second-order valence-electron chi connectivity index (χ2n) is 6.67. The summed E-state index contributed by atoms with van der Waals surface area (Å²) in [6.07, 6.45) is 10.6. The van der Waals surface area contributed by atoms with Gasteiger partial charge in [-0.2, -0.15) is 0 Å². The fourth-order valence-electron chi connectivity index (χ4n) is 2.81. The number of carbonyl (C=O) groups excluding carboxylic acids is 1. The zero-order chi connectivity index (χ0) is 22.1. The molecule has 1 unspecified atom stereocenters. The number of unbranched alkanes of at least 4 members (excludes halogenated alkanes) is 2. The summed E-state index contributed by atoms with van der Waals surface area (Å²) < 4.78 is 0. The van der Waals surface area contributed by atoms with Crippen molar-refractivity contribution in [3.05, 3.63) is 64.7 Å². The van der Waals surface area contributed by atoms with Crippen molar-refractivity contribution < 1.29 is 4.79 Å². The van der Waals surface area contributed by atoms with Crippen molar-refractivity contribution in [1.82, 2.24) is 0 Å². The summed E-state index contributed by atoms with van der Waals surface area (Å²) in [7, 11) is 2.86. The fourth-order valence-corrected chi connectivity index (χ4v) is 3.92. The third-order valence-corrected chi connectivity index (χ3v) is 5.98. The van der Waals surface area contributed by atoms with E-state index in [0.717, 1.165) is 6.42 Å². The molecule has 29 heavy (non-hydrogen) atoms. The van der Waals surface area contributed by atoms with Crippen LogP contribution in [0.15, 0.2) is 47.4 Å². The summed E-state index contributed by atoms with van der Waals surface area (Å²) in [6.45, 7) is 10.5. The lowest BCUT2D eigenvalue weighted by Crippen LogP contribution is -2.03.